The minimum Gasteiger partial charge on any atom is -0.492 e. The molecule has 3 aromatic rings. The molecule has 0 spiro atoms. The first-order valence-corrected chi connectivity index (χ1v) is 11.4. The molecule has 3 aromatic carbocycles. The topological polar surface area (TPSA) is 50.8 Å². The van der Waals surface area contributed by atoms with E-state index in [2.05, 4.69) is 41.4 Å². The summed E-state index contributed by atoms with van der Waals surface area (Å²) in [4.78, 5) is 15.1. The average Bonchev–Trinajstić information content (AvgIpc) is 3.04. The number of hydrogen-bond donors (Lipinski definition) is 1. The van der Waals surface area contributed by atoms with E-state index in [1.54, 1.807) is 0 Å². The van der Waals surface area contributed by atoms with E-state index in [-0.39, 0.29) is 5.91 Å². The highest BCUT2D eigenvalue weighted by Crippen LogP contribution is 2.28. The number of benzene rings is 3. The number of para-hydroxylation sites is 1. The quantitative estimate of drug-likeness (QED) is 0.630. The number of nitrogens with zero attached hydrogens (tertiary/aromatic N) is 1. The van der Waals surface area contributed by atoms with E-state index in [4.69, 9.17) is 9.47 Å². The van der Waals surface area contributed by atoms with E-state index >= 15 is 0 Å². The van der Waals surface area contributed by atoms with Crippen LogP contribution in [0.2, 0.25) is 0 Å². The number of amides is 1. The predicted octanol–water partition coefficient (Wildman–Crippen LogP) is 4.60. The van der Waals surface area contributed by atoms with Gasteiger partial charge in [-0.3, -0.25) is 9.69 Å². The molecule has 0 bridgehead atoms. The maximum atomic E-state index is 12.8. The molecule has 2 aliphatic rings. The summed E-state index contributed by atoms with van der Waals surface area (Å²) in [6.07, 6.45) is 2.22. The van der Waals surface area contributed by atoms with Gasteiger partial charge in [0, 0.05) is 42.9 Å². The fraction of sp³-hybridized carbons (Fsp3) is 0.250. The zero-order chi connectivity index (χ0) is 22.6. The van der Waals surface area contributed by atoms with Crippen molar-refractivity contribution in [3.8, 4) is 11.5 Å². The molecule has 0 unspecified atom stereocenters. The highest BCUT2D eigenvalue weighted by atomic mass is 16.5. The van der Waals surface area contributed by atoms with Crippen molar-refractivity contribution in [1.82, 2.24) is 10.2 Å². The first-order chi connectivity index (χ1) is 16.1. The summed E-state index contributed by atoms with van der Waals surface area (Å²) in [6.45, 7) is 6.14. The molecule has 0 fully saturated rings. The summed E-state index contributed by atoms with van der Waals surface area (Å²) in [7, 11) is 0. The van der Waals surface area contributed by atoms with Crippen molar-refractivity contribution in [1.29, 1.82) is 0 Å². The minimum absolute atomic E-state index is 0.0748. The van der Waals surface area contributed by atoms with Crippen molar-refractivity contribution in [2.24, 2.45) is 0 Å². The fourth-order valence-corrected chi connectivity index (χ4v) is 4.26. The lowest BCUT2D eigenvalue weighted by molar-refractivity contribution is 0.0950. The minimum atomic E-state index is -0.0748. The molecule has 2 heterocycles. The van der Waals surface area contributed by atoms with Gasteiger partial charge in [-0.25, -0.2) is 0 Å². The van der Waals surface area contributed by atoms with E-state index in [0.717, 1.165) is 47.8 Å². The molecule has 0 saturated heterocycles. The van der Waals surface area contributed by atoms with Gasteiger partial charge in [0.05, 0.1) is 0 Å². The highest BCUT2D eigenvalue weighted by molar-refractivity contribution is 5.94. The molecule has 0 saturated carbocycles. The monoisotopic (exact) mass is 440 g/mol. The molecule has 33 heavy (non-hydrogen) atoms. The molecule has 0 aliphatic carbocycles. The number of aryl methyl sites for hydroxylation is 1. The Kier molecular flexibility index (Phi) is 6.13. The molecule has 2 aliphatic heterocycles. The first-order valence-electron chi connectivity index (χ1n) is 11.4. The smallest absolute Gasteiger partial charge is 0.251 e. The molecule has 1 N–H and O–H groups in total. The lowest BCUT2D eigenvalue weighted by Crippen LogP contribution is -2.30. The summed E-state index contributed by atoms with van der Waals surface area (Å²) < 4.78 is 11.9. The number of fused-ring (bicyclic) bond motifs is 2. The largest absolute Gasteiger partial charge is 0.492 e. The van der Waals surface area contributed by atoms with Gasteiger partial charge in [0.2, 0.25) is 0 Å². The van der Waals surface area contributed by atoms with Gasteiger partial charge in [-0.05, 0) is 48.4 Å². The third-order valence-corrected chi connectivity index (χ3v) is 6.07. The van der Waals surface area contributed by atoms with Gasteiger partial charge in [-0.15, -0.1) is 0 Å². The van der Waals surface area contributed by atoms with Crippen LogP contribution in [0.3, 0.4) is 0 Å². The lowest BCUT2D eigenvalue weighted by Gasteiger charge is -2.24. The molecular formula is C28H28N2O3. The Morgan fingerprint density at radius 3 is 2.73 bits per heavy atom. The van der Waals surface area contributed by atoms with Crippen molar-refractivity contribution in [3.05, 3.63) is 100 Å². The van der Waals surface area contributed by atoms with Gasteiger partial charge in [0.15, 0.2) is 0 Å². The normalized spacial score (nSPS) is 15.2. The third-order valence-electron chi connectivity index (χ3n) is 6.07. The second-order valence-corrected chi connectivity index (χ2v) is 8.68. The summed E-state index contributed by atoms with van der Waals surface area (Å²) >= 11 is 0. The van der Waals surface area contributed by atoms with E-state index in [1.165, 1.54) is 11.1 Å². The maximum Gasteiger partial charge on any atom is 0.251 e. The van der Waals surface area contributed by atoms with Gasteiger partial charge in [0.25, 0.3) is 5.91 Å². The van der Waals surface area contributed by atoms with Crippen molar-refractivity contribution < 1.29 is 14.3 Å². The van der Waals surface area contributed by atoms with Crippen molar-refractivity contribution >= 4 is 12.0 Å². The molecule has 168 valence electrons. The maximum absolute atomic E-state index is 12.8. The van der Waals surface area contributed by atoms with Crippen molar-refractivity contribution in [2.75, 3.05) is 26.3 Å². The number of carbonyl (C=O) groups excluding carboxylic acids is 1. The van der Waals surface area contributed by atoms with Crippen molar-refractivity contribution in [2.45, 2.75) is 20.0 Å². The number of rotatable bonds is 5. The van der Waals surface area contributed by atoms with Crippen LogP contribution in [0.25, 0.3) is 6.08 Å². The highest BCUT2D eigenvalue weighted by Gasteiger charge is 2.20. The Labute approximate surface area is 194 Å². The van der Waals surface area contributed by atoms with Crippen LogP contribution in [-0.4, -0.2) is 37.1 Å². The van der Waals surface area contributed by atoms with Gasteiger partial charge < -0.3 is 14.8 Å². The zero-order valence-corrected chi connectivity index (χ0v) is 18.8. The molecule has 0 atom stereocenters. The van der Waals surface area contributed by atoms with E-state index in [0.29, 0.717) is 25.3 Å². The zero-order valence-electron chi connectivity index (χ0n) is 18.8. The molecule has 5 nitrogen and oxygen atoms in total. The Morgan fingerprint density at radius 2 is 1.85 bits per heavy atom. The molecule has 0 radical (unpaired) electrons. The molecular weight excluding hydrogens is 412 g/mol. The van der Waals surface area contributed by atoms with E-state index in [9.17, 15) is 4.79 Å². The molecule has 0 aromatic heterocycles. The number of carbonyl (C=O) groups is 1. The first kappa shape index (κ1) is 21.3. The average molecular weight is 441 g/mol. The van der Waals surface area contributed by atoms with Crippen LogP contribution >= 0.6 is 0 Å². The molecule has 5 rings (SSSR count). The van der Waals surface area contributed by atoms with Gasteiger partial charge in [-0.1, -0.05) is 48.0 Å². The predicted molar refractivity (Wildman–Crippen MR) is 129 cm³/mol. The second kappa shape index (κ2) is 9.51. The van der Waals surface area contributed by atoms with Crippen LogP contribution in [0.1, 0.15) is 32.6 Å². The van der Waals surface area contributed by atoms with Crippen LogP contribution in [0.5, 0.6) is 11.5 Å². The Morgan fingerprint density at radius 1 is 1.00 bits per heavy atom. The second-order valence-electron chi connectivity index (χ2n) is 8.68. The molecule has 1 amide bonds. The Balaban J connectivity index is 1.26. The summed E-state index contributed by atoms with van der Waals surface area (Å²) in [5.74, 6) is 1.72. The van der Waals surface area contributed by atoms with Crippen molar-refractivity contribution in [3.63, 3.8) is 0 Å². The van der Waals surface area contributed by atoms with E-state index < -0.39 is 0 Å². The number of ether oxygens (including phenoxy) is 2. The van der Waals surface area contributed by atoms with Crippen LogP contribution in [0.15, 0.2) is 72.3 Å². The third kappa shape index (κ3) is 5.10. The van der Waals surface area contributed by atoms with Gasteiger partial charge in [0.1, 0.15) is 24.7 Å². The van der Waals surface area contributed by atoms with E-state index in [1.807, 2.05) is 48.5 Å². The van der Waals surface area contributed by atoms with Crippen LogP contribution < -0.4 is 14.8 Å². The number of hydrogen-bond acceptors (Lipinski definition) is 4. The number of nitrogens with one attached hydrogen (secondary N) is 1. The summed E-state index contributed by atoms with van der Waals surface area (Å²) in [5.41, 5.74) is 6.35. The SMILES string of the molecule is Cc1ccc(CNC(=O)c2ccc3c(c2)CN(CC2=Cc4ccccc4OC2)CCO3)cc1. The standard InChI is InChI=1S/C28H28N2O3/c1-20-6-8-21(9-7-20)16-29-28(31)24-10-11-27-25(15-24)18-30(12-13-32-27)17-22-14-23-4-2-3-5-26(23)33-19-22/h2-11,14-15H,12-13,16-19H2,1H3,(H,29,31). The van der Waals surface area contributed by atoms with Gasteiger partial charge in [-0.2, -0.15) is 0 Å². The molecule has 5 heteroatoms. The fourth-order valence-electron chi connectivity index (χ4n) is 4.26. The Bertz CT molecular complexity index is 1180. The Hall–Kier alpha value is -3.57. The van der Waals surface area contributed by atoms with Gasteiger partial charge >= 0.3 is 0 Å². The van der Waals surface area contributed by atoms with Crippen LogP contribution in [0, 0.1) is 6.92 Å². The lowest BCUT2D eigenvalue weighted by atomic mass is 10.1. The van der Waals surface area contributed by atoms with Crippen LogP contribution in [-0.2, 0) is 13.1 Å². The van der Waals surface area contributed by atoms with Crippen LogP contribution in [0.4, 0.5) is 0 Å². The summed E-state index contributed by atoms with van der Waals surface area (Å²) in [5, 5.41) is 3.02. The summed E-state index contributed by atoms with van der Waals surface area (Å²) in [6, 6.07) is 22.0.